The van der Waals surface area contributed by atoms with Crippen molar-refractivity contribution in [1.29, 1.82) is 0 Å². The monoisotopic (exact) mass is 262 g/mol. The normalized spacial score (nSPS) is 11.6. The minimum absolute atomic E-state index is 0.0675. The fourth-order valence-corrected chi connectivity index (χ4v) is 2.89. The lowest BCUT2D eigenvalue weighted by atomic mass is 10.4. The van der Waals surface area contributed by atoms with Gasteiger partial charge in [-0.15, -0.1) is 0 Å². The van der Waals surface area contributed by atoms with E-state index in [0.717, 1.165) is 0 Å². The van der Waals surface area contributed by atoms with Crippen molar-refractivity contribution in [3.8, 4) is 0 Å². The van der Waals surface area contributed by atoms with E-state index in [1.807, 2.05) is 0 Å². The van der Waals surface area contributed by atoms with E-state index in [1.165, 1.54) is 12.1 Å². The van der Waals surface area contributed by atoms with Crippen molar-refractivity contribution in [2.75, 3.05) is 13.2 Å². The van der Waals surface area contributed by atoms with Crippen LogP contribution in [0.4, 0.5) is 0 Å². The van der Waals surface area contributed by atoms with Crippen LogP contribution in [0, 0.1) is 0 Å². The van der Waals surface area contributed by atoms with Gasteiger partial charge in [-0.3, -0.25) is 4.57 Å². The van der Waals surface area contributed by atoms with Crippen LogP contribution in [0.1, 0.15) is 30.2 Å². The predicted octanol–water partition coefficient (Wildman–Crippen LogP) is 2.74. The van der Waals surface area contributed by atoms with Crippen LogP contribution < -0.4 is 0 Å². The van der Waals surface area contributed by atoms with Crippen molar-refractivity contribution in [3.63, 3.8) is 0 Å². The van der Waals surface area contributed by atoms with Gasteiger partial charge in [0.25, 0.3) is 0 Å². The Morgan fingerprint density at radius 1 is 1.35 bits per heavy atom. The first-order valence-corrected chi connectivity index (χ1v) is 6.93. The molecule has 0 fully saturated rings. The number of furan rings is 1. The van der Waals surface area contributed by atoms with E-state index in [1.54, 1.807) is 13.8 Å². The van der Waals surface area contributed by atoms with Gasteiger partial charge in [-0.05, 0) is 26.0 Å². The molecular formula is C10H15O6P. The third kappa shape index (κ3) is 4.00. The molecule has 0 saturated carbocycles. The highest BCUT2D eigenvalue weighted by Crippen LogP contribution is 2.51. The van der Waals surface area contributed by atoms with Crippen LogP contribution in [0.2, 0.25) is 0 Å². The van der Waals surface area contributed by atoms with Gasteiger partial charge in [0.2, 0.25) is 5.76 Å². The largest absolute Gasteiger partial charge is 0.475 e. The minimum atomic E-state index is -3.24. The number of rotatable bonds is 7. The molecule has 0 amide bonds. The lowest BCUT2D eigenvalue weighted by Crippen LogP contribution is -1.98. The third-order valence-electron chi connectivity index (χ3n) is 1.87. The average molecular weight is 262 g/mol. The van der Waals surface area contributed by atoms with Crippen molar-refractivity contribution >= 4 is 13.6 Å². The van der Waals surface area contributed by atoms with E-state index in [0.29, 0.717) is 0 Å². The molecule has 0 unspecified atom stereocenters. The van der Waals surface area contributed by atoms with Gasteiger partial charge in [-0.1, -0.05) is 0 Å². The van der Waals surface area contributed by atoms with E-state index >= 15 is 0 Å². The number of carboxylic acid groups (broad SMARTS) is 1. The molecule has 0 radical (unpaired) electrons. The molecule has 7 heteroatoms. The Morgan fingerprint density at radius 2 is 1.94 bits per heavy atom. The molecule has 17 heavy (non-hydrogen) atoms. The molecule has 0 aliphatic rings. The zero-order chi connectivity index (χ0) is 12.9. The van der Waals surface area contributed by atoms with E-state index in [-0.39, 0.29) is 30.9 Å². The number of carboxylic acids is 1. The molecule has 0 bridgehead atoms. The Labute approximate surface area is 99.1 Å². The zero-order valence-electron chi connectivity index (χ0n) is 9.71. The maximum atomic E-state index is 12.1. The summed E-state index contributed by atoms with van der Waals surface area (Å²) < 4.78 is 27.3. The Balaban J connectivity index is 2.78. The molecule has 1 aromatic rings. The van der Waals surface area contributed by atoms with E-state index in [2.05, 4.69) is 0 Å². The summed E-state index contributed by atoms with van der Waals surface area (Å²) in [6, 6.07) is 2.76. The van der Waals surface area contributed by atoms with Gasteiger partial charge in [-0.25, -0.2) is 4.79 Å². The maximum Gasteiger partial charge on any atom is 0.371 e. The lowest BCUT2D eigenvalue weighted by Gasteiger charge is -2.15. The van der Waals surface area contributed by atoms with E-state index < -0.39 is 13.6 Å². The molecule has 0 saturated heterocycles. The molecule has 0 atom stereocenters. The first-order chi connectivity index (χ1) is 8.00. The van der Waals surface area contributed by atoms with Crippen LogP contribution in [0.15, 0.2) is 16.5 Å². The molecule has 0 aliphatic carbocycles. The average Bonchev–Trinajstić information content (AvgIpc) is 2.66. The second-order valence-electron chi connectivity index (χ2n) is 3.18. The smallest absolute Gasteiger partial charge is 0.371 e. The number of aromatic carboxylic acids is 1. The summed E-state index contributed by atoms with van der Waals surface area (Å²) in [6.45, 7) is 3.92. The Morgan fingerprint density at radius 3 is 2.35 bits per heavy atom. The second-order valence-corrected chi connectivity index (χ2v) is 5.23. The van der Waals surface area contributed by atoms with Gasteiger partial charge in [0, 0.05) is 0 Å². The van der Waals surface area contributed by atoms with Crippen molar-refractivity contribution in [2.45, 2.75) is 20.0 Å². The maximum absolute atomic E-state index is 12.1. The summed E-state index contributed by atoms with van der Waals surface area (Å²) >= 11 is 0. The minimum Gasteiger partial charge on any atom is -0.475 e. The van der Waals surface area contributed by atoms with Gasteiger partial charge in [0.05, 0.1) is 13.2 Å². The highest BCUT2D eigenvalue weighted by Gasteiger charge is 2.26. The predicted molar refractivity (Wildman–Crippen MR) is 60.2 cm³/mol. The fourth-order valence-electron chi connectivity index (χ4n) is 1.29. The zero-order valence-corrected chi connectivity index (χ0v) is 10.6. The molecule has 1 heterocycles. The Bertz CT molecular complexity index is 414. The second kappa shape index (κ2) is 6.00. The van der Waals surface area contributed by atoms with Gasteiger partial charge < -0.3 is 18.6 Å². The standard InChI is InChI=1S/C10H15O6P/c1-3-14-17(13,15-4-2)7-8-5-6-9(16-8)10(11)12/h5-6H,3-4,7H2,1-2H3,(H,11,12). The first-order valence-electron chi connectivity index (χ1n) is 5.21. The third-order valence-corrected chi connectivity index (χ3v) is 3.88. The topological polar surface area (TPSA) is 86.0 Å². The highest BCUT2D eigenvalue weighted by molar-refractivity contribution is 7.53. The van der Waals surface area contributed by atoms with Crippen LogP contribution in [-0.2, 0) is 19.8 Å². The number of carbonyl (C=O) groups is 1. The van der Waals surface area contributed by atoms with E-state index in [9.17, 15) is 9.36 Å². The lowest BCUT2D eigenvalue weighted by molar-refractivity contribution is 0.0660. The molecule has 1 N–H and O–H groups in total. The summed E-state index contributed by atoms with van der Waals surface area (Å²) in [6.07, 6.45) is -0.0675. The summed E-state index contributed by atoms with van der Waals surface area (Å²) in [7, 11) is -3.24. The fraction of sp³-hybridized carbons (Fsp3) is 0.500. The molecule has 0 aromatic carbocycles. The van der Waals surface area contributed by atoms with Crippen molar-refractivity contribution < 1.29 is 27.9 Å². The number of hydrogen-bond acceptors (Lipinski definition) is 5. The van der Waals surface area contributed by atoms with Crippen molar-refractivity contribution in [3.05, 3.63) is 23.7 Å². The summed E-state index contributed by atoms with van der Waals surface area (Å²) in [4.78, 5) is 10.6. The Hall–Kier alpha value is -1.10. The molecule has 96 valence electrons. The van der Waals surface area contributed by atoms with Crippen molar-refractivity contribution in [2.24, 2.45) is 0 Å². The summed E-state index contributed by atoms with van der Waals surface area (Å²) in [5, 5.41) is 8.68. The molecular weight excluding hydrogens is 247 g/mol. The highest BCUT2D eigenvalue weighted by atomic mass is 31.2. The summed E-state index contributed by atoms with van der Waals surface area (Å²) in [5.41, 5.74) is 0. The van der Waals surface area contributed by atoms with Crippen LogP contribution in [0.25, 0.3) is 0 Å². The number of hydrogen-bond donors (Lipinski definition) is 1. The summed E-state index contributed by atoms with van der Waals surface area (Å²) in [5.74, 6) is -1.09. The van der Waals surface area contributed by atoms with Crippen LogP contribution in [0.5, 0.6) is 0 Å². The van der Waals surface area contributed by atoms with Gasteiger partial charge in [-0.2, -0.15) is 0 Å². The van der Waals surface area contributed by atoms with E-state index in [4.69, 9.17) is 18.6 Å². The first kappa shape index (κ1) is 14.0. The van der Waals surface area contributed by atoms with Crippen LogP contribution >= 0.6 is 7.60 Å². The quantitative estimate of drug-likeness (QED) is 0.760. The van der Waals surface area contributed by atoms with Crippen LogP contribution in [0.3, 0.4) is 0 Å². The van der Waals surface area contributed by atoms with Crippen LogP contribution in [-0.4, -0.2) is 24.3 Å². The molecule has 0 spiro atoms. The van der Waals surface area contributed by atoms with Gasteiger partial charge in [0.1, 0.15) is 11.9 Å². The van der Waals surface area contributed by atoms with Gasteiger partial charge in [0.15, 0.2) is 0 Å². The molecule has 1 aromatic heterocycles. The molecule has 1 rings (SSSR count). The van der Waals surface area contributed by atoms with Gasteiger partial charge >= 0.3 is 13.6 Å². The SMILES string of the molecule is CCOP(=O)(Cc1ccc(C(=O)O)o1)OCC. The molecule has 0 aliphatic heterocycles. The molecule has 6 nitrogen and oxygen atoms in total. The van der Waals surface area contributed by atoms with Crippen molar-refractivity contribution in [1.82, 2.24) is 0 Å². The Kier molecular flexibility index (Phi) is 4.93.